The van der Waals surface area contributed by atoms with Crippen LogP contribution in [0.15, 0.2) is 36.5 Å². The molecule has 0 radical (unpaired) electrons. The van der Waals surface area contributed by atoms with Crippen molar-refractivity contribution in [3.63, 3.8) is 0 Å². The number of carboxylic acids is 1. The van der Waals surface area contributed by atoms with Crippen LogP contribution in [0.2, 0.25) is 0 Å². The van der Waals surface area contributed by atoms with Crippen LogP contribution in [0.5, 0.6) is 0 Å². The van der Waals surface area contributed by atoms with Gasteiger partial charge in [0.1, 0.15) is 6.54 Å². The summed E-state index contributed by atoms with van der Waals surface area (Å²) in [7, 11) is 0. The Balaban J connectivity index is 1.73. The summed E-state index contributed by atoms with van der Waals surface area (Å²) < 4.78 is 1.28. The number of carboxylic acid groups (broad SMARTS) is 1. The molecule has 0 aliphatic heterocycles. The minimum atomic E-state index is -0.970. The van der Waals surface area contributed by atoms with Crippen LogP contribution in [-0.2, 0) is 22.6 Å². The van der Waals surface area contributed by atoms with Crippen molar-refractivity contribution in [3.05, 3.63) is 47.7 Å². The number of anilines is 1. The van der Waals surface area contributed by atoms with Gasteiger partial charge in [0, 0.05) is 12.3 Å². The van der Waals surface area contributed by atoms with Crippen molar-refractivity contribution >= 4 is 17.7 Å². The van der Waals surface area contributed by atoms with Crippen LogP contribution in [0, 0.1) is 0 Å². The van der Waals surface area contributed by atoms with Gasteiger partial charge in [-0.05, 0) is 30.4 Å². The van der Waals surface area contributed by atoms with Gasteiger partial charge in [-0.15, -0.1) is 0 Å². The van der Waals surface area contributed by atoms with Gasteiger partial charge < -0.3 is 10.4 Å². The zero-order valence-corrected chi connectivity index (χ0v) is 12.0. The average Bonchev–Trinajstić information content (AvgIpc) is 2.92. The molecule has 2 aromatic rings. The highest BCUT2D eigenvalue weighted by Crippen LogP contribution is 2.32. The smallest absolute Gasteiger partial charge is 0.325 e. The van der Waals surface area contributed by atoms with Crippen molar-refractivity contribution in [3.8, 4) is 0 Å². The fourth-order valence-corrected chi connectivity index (χ4v) is 2.89. The lowest BCUT2D eigenvalue weighted by atomic mass is 9.82. The summed E-state index contributed by atoms with van der Waals surface area (Å²) >= 11 is 0. The molecule has 3 rings (SSSR count). The van der Waals surface area contributed by atoms with E-state index < -0.39 is 5.97 Å². The van der Waals surface area contributed by atoms with E-state index in [-0.39, 0.29) is 18.4 Å². The molecule has 1 aliphatic rings. The van der Waals surface area contributed by atoms with Crippen LogP contribution in [-0.4, -0.2) is 26.8 Å². The molecule has 0 saturated heterocycles. The Kier molecular flexibility index (Phi) is 3.91. The molecular formula is C16H17N3O3. The molecule has 2 N–H and O–H groups in total. The van der Waals surface area contributed by atoms with Gasteiger partial charge in [0.2, 0.25) is 5.91 Å². The Morgan fingerprint density at radius 1 is 1.32 bits per heavy atom. The summed E-state index contributed by atoms with van der Waals surface area (Å²) in [4.78, 5) is 23.1. The van der Waals surface area contributed by atoms with Crippen LogP contribution >= 0.6 is 0 Å². The molecule has 114 valence electrons. The number of rotatable bonds is 4. The molecule has 6 nitrogen and oxygen atoms in total. The van der Waals surface area contributed by atoms with Crippen LogP contribution in [0.4, 0.5) is 5.82 Å². The van der Waals surface area contributed by atoms with E-state index in [2.05, 4.69) is 16.5 Å². The molecule has 0 spiro atoms. The highest BCUT2D eigenvalue weighted by atomic mass is 16.4. The van der Waals surface area contributed by atoms with Gasteiger partial charge in [0.25, 0.3) is 0 Å². The van der Waals surface area contributed by atoms with Gasteiger partial charge in [0.15, 0.2) is 5.82 Å². The third-order valence-electron chi connectivity index (χ3n) is 3.88. The number of amides is 1. The molecule has 6 heteroatoms. The number of aryl methyl sites for hydroxylation is 1. The normalized spacial score (nSPS) is 16.8. The van der Waals surface area contributed by atoms with Crippen molar-refractivity contribution in [2.45, 2.75) is 31.7 Å². The highest BCUT2D eigenvalue weighted by Gasteiger charge is 2.26. The first-order valence-corrected chi connectivity index (χ1v) is 7.27. The Bertz CT molecular complexity index is 708. The molecule has 0 saturated carbocycles. The zero-order chi connectivity index (χ0) is 15.5. The molecule has 1 atom stereocenters. The van der Waals surface area contributed by atoms with E-state index in [1.165, 1.54) is 10.2 Å². The van der Waals surface area contributed by atoms with E-state index in [1.807, 2.05) is 18.2 Å². The van der Waals surface area contributed by atoms with Crippen LogP contribution in [0.1, 0.15) is 29.9 Å². The summed E-state index contributed by atoms with van der Waals surface area (Å²) in [6, 6.07) is 9.62. The van der Waals surface area contributed by atoms with E-state index in [4.69, 9.17) is 5.11 Å². The maximum absolute atomic E-state index is 12.5. The van der Waals surface area contributed by atoms with E-state index in [0.717, 1.165) is 24.8 Å². The maximum Gasteiger partial charge on any atom is 0.325 e. The molecule has 1 aromatic carbocycles. The van der Waals surface area contributed by atoms with E-state index in [0.29, 0.717) is 5.82 Å². The van der Waals surface area contributed by atoms with Crippen molar-refractivity contribution in [2.75, 3.05) is 5.32 Å². The van der Waals surface area contributed by atoms with Gasteiger partial charge >= 0.3 is 5.97 Å². The minimum absolute atomic E-state index is 0.0901. The predicted molar refractivity (Wildman–Crippen MR) is 80.6 cm³/mol. The number of carbonyl (C=O) groups is 2. The number of hydrogen-bond acceptors (Lipinski definition) is 3. The van der Waals surface area contributed by atoms with Crippen molar-refractivity contribution in [1.82, 2.24) is 9.78 Å². The van der Waals surface area contributed by atoms with Crippen LogP contribution in [0.25, 0.3) is 0 Å². The first-order chi connectivity index (χ1) is 10.6. The average molecular weight is 299 g/mol. The van der Waals surface area contributed by atoms with Crippen molar-refractivity contribution in [2.24, 2.45) is 0 Å². The summed E-state index contributed by atoms with van der Waals surface area (Å²) in [5, 5.41) is 15.6. The zero-order valence-electron chi connectivity index (χ0n) is 12.0. The Hall–Kier alpha value is -2.63. The standard InChI is InChI=1S/C16H17N3O3/c20-15(21)10-19-9-8-14(18-19)17-16(22)13-7-3-5-11-4-1-2-6-12(11)13/h1-2,4,6,8-9,13H,3,5,7,10H2,(H,20,21)(H,17,18,22). The second-order valence-electron chi connectivity index (χ2n) is 5.43. The molecule has 0 fully saturated rings. The minimum Gasteiger partial charge on any atom is -0.480 e. The summed E-state index contributed by atoms with van der Waals surface area (Å²) in [5.74, 6) is -0.848. The first-order valence-electron chi connectivity index (χ1n) is 7.27. The fraction of sp³-hybridized carbons (Fsp3) is 0.312. The number of fused-ring (bicyclic) bond motifs is 1. The number of aromatic nitrogens is 2. The Labute approximate surface area is 127 Å². The Morgan fingerprint density at radius 3 is 2.95 bits per heavy atom. The molecule has 1 aromatic heterocycles. The second kappa shape index (κ2) is 6.01. The second-order valence-corrected chi connectivity index (χ2v) is 5.43. The van der Waals surface area contributed by atoms with Gasteiger partial charge in [0.05, 0.1) is 5.92 Å². The van der Waals surface area contributed by atoms with Crippen LogP contribution in [0.3, 0.4) is 0 Å². The lowest BCUT2D eigenvalue weighted by Crippen LogP contribution is -2.25. The largest absolute Gasteiger partial charge is 0.480 e. The molecular weight excluding hydrogens is 282 g/mol. The van der Waals surface area contributed by atoms with E-state index in [9.17, 15) is 9.59 Å². The molecule has 1 heterocycles. The molecule has 0 bridgehead atoms. The SMILES string of the molecule is O=C(O)Cn1ccc(NC(=O)C2CCCc3ccccc32)n1. The van der Waals surface area contributed by atoms with Gasteiger partial charge in [-0.2, -0.15) is 5.10 Å². The topological polar surface area (TPSA) is 84.2 Å². The van der Waals surface area contributed by atoms with Gasteiger partial charge in [-0.1, -0.05) is 24.3 Å². The Morgan fingerprint density at radius 2 is 2.14 bits per heavy atom. The van der Waals surface area contributed by atoms with Gasteiger partial charge in [-0.3, -0.25) is 14.3 Å². The number of benzene rings is 1. The summed E-state index contributed by atoms with van der Waals surface area (Å²) in [6.07, 6.45) is 4.35. The quantitative estimate of drug-likeness (QED) is 0.904. The molecule has 1 amide bonds. The summed E-state index contributed by atoms with van der Waals surface area (Å²) in [6.45, 7) is -0.220. The molecule has 22 heavy (non-hydrogen) atoms. The van der Waals surface area contributed by atoms with Gasteiger partial charge in [-0.25, -0.2) is 0 Å². The maximum atomic E-state index is 12.5. The lowest BCUT2D eigenvalue weighted by molar-refractivity contribution is -0.137. The molecule has 1 aliphatic carbocycles. The van der Waals surface area contributed by atoms with Crippen molar-refractivity contribution in [1.29, 1.82) is 0 Å². The van der Waals surface area contributed by atoms with Crippen LogP contribution < -0.4 is 5.32 Å². The summed E-state index contributed by atoms with van der Waals surface area (Å²) in [5.41, 5.74) is 2.31. The van der Waals surface area contributed by atoms with E-state index >= 15 is 0 Å². The third kappa shape index (κ3) is 3.00. The third-order valence-corrected chi connectivity index (χ3v) is 3.88. The lowest BCUT2D eigenvalue weighted by Gasteiger charge is -2.24. The number of nitrogens with one attached hydrogen (secondary N) is 1. The molecule has 1 unspecified atom stereocenters. The number of hydrogen-bond donors (Lipinski definition) is 2. The van der Waals surface area contributed by atoms with Crippen molar-refractivity contribution < 1.29 is 14.7 Å². The monoisotopic (exact) mass is 299 g/mol. The van der Waals surface area contributed by atoms with E-state index in [1.54, 1.807) is 12.3 Å². The highest BCUT2D eigenvalue weighted by molar-refractivity contribution is 5.95. The fourth-order valence-electron chi connectivity index (χ4n) is 2.89. The first kappa shape index (κ1) is 14.3. The number of aliphatic carboxylic acids is 1. The number of carbonyl (C=O) groups excluding carboxylic acids is 1. The number of nitrogens with zero attached hydrogens (tertiary/aromatic N) is 2. The predicted octanol–water partition coefficient (Wildman–Crippen LogP) is 2.03.